The normalized spacial score (nSPS) is 16.2. The fourth-order valence-corrected chi connectivity index (χ4v) is 3.01. The van der Waals surface area contributed by atoms with Gasteiger partial charge in [-0.05, 0) is 50.3 Å². The number of halogens is 1. The van der Waals surface area contributed by atoms with Gasteiger partial charge in [-0.3, -0.25) is 0 Å². The van der Waals surface area contributed by atoms with Gasteiger partial charge >= 0.3 is 0 Å². The topological polar surface area (TPSA) is 46.1 Å². The van der Waals surface area contributed by atoms with Gasteiger partial charge in [0.15, 0.2) is 5.96 Å². The highest BCUT2D eigenvalue weighted by molar-refractivity contribution is 5.80. The van der Waals surface area contributed by atoms with Gasteiger partial charge in [-0.25, -0.2) is 9.38 Å². The lowest BCUT2D eigenvalue weighted by Gasteiger charge is -2.34. The minimum Gasteiger partial charge on any atom is -0.385 e. The van der Waals surface area contributed by atoms with Crippen molar-refractivity contribution < 1.29 is 13.9 Å². The number of aryl methyl sites for hydroxylation is 1. The van der Waals surface area contributed by atoms with Crippen LogP contribution in [0.25, 0.3) is 0 Å². The Hall–Kier alpha value is -1.66. The first-order chi connectivity index (χ1) is 12.6. The zero-order chi connectivity index (χ0) is 18.8. The third-order valence-corrected chi connectivity index (χ3v) is 4.57. The van der Waals surface area contributed by atoms with E-state index in [-0.39, 0.29) is 5.82 Å². The molecule has 1 aliphatic heterocycles. The van der Waals surface area contributed by atoms with Crippen molar-refractivity contribution in [2.45, 2.75) is 45.8 Å². The quantitative estimate of drug-likeness (QED) is 0.437. The number of likely N-dealkylation sites (tertiary alicyclic amines) is 1. The minimum absolute atomic E-state index is 0.172. The van der Waals surface area contributed by atoms with Crippen molar-refractivity contribution in [3.8, 4) is 0 Å². The first-order valence-electron chi connectivity index (χ1n) is 9.52. The summed E-state index contributed by atoms with van der Waals surface area (Å²) in [5.74, 6) is 0.723. The Morgan fingerprint density at radius 2 is 2.08 bits per heavy atom. The van der Waals surface area contributed by atoms with Crippen LogP contribution in [0.15, 0.2) is 23.2 Å². The minimum atomic E-state index is -0.172. The number of ether oxygens (including phenoxy) is 2. The molecular weight excluding hydrogens is 333 g/mol. The van der Waals surface area contributed by atoms with E-state index < -0.39 is 0 Å². The number of guanidine groups is 1. The fraction of sp³-hybridized carbons (Fsp3) is 0.650. The third-order valence-electron chi connectivity index (χ3n) is 4.57. The maximum absolute atomic E-state index is 13.7. The molecule has 6 heteroatoms. The Morgan fingerprint density at radius 1 is 1.31 bits per heavy atom. The molecule has 0 bridgehead atoms. The lowest BCUT2D eigenvalue weighted by Crippen LogP contribution is -2.47. The van der Waals surface area contributed by atoms with E-state index in [0.717, 1.165) is 63.6 Å². The number of aliphatic imine (C=N–C) groups is 1. The van der Waals surface area contributed by atoms with Gasteiger partial charge in [0.1, 0.15) is 5.82 Å². The van der Waals surface area contributed by atoms with Gasteiger partial charge in [-0.1, -0.05) is 12.1 Å². The molecule has 0 aliphatic carbocycles. The zero-order valence-electron chi connectivity index (χ0n) is 16.3. The van der Waals surface area contributed by atoms with Crippen molar-refractivity contribution in [1.29, 1.82) is 0 Å². The number of rotatable bonds is 8. The molecule has 0 spiro atoms. The van der Waals surface area contributed by atoms with E-state index in [1.165, 1.54) is 0 Å². The molecule has 0 aromatic heterocycles. The predicted octanol–water partition coefficient (Wildman–Crippen LogP) is 3.12. The molecular formula is C20H32FN3O2. The van der Waals surface area contributed by atoms with Crippen LogP contribution >= 0.6 is 0 Å². The molecule has 146 valence electrons. The molecule has 0 amide bonds. The van der Waals surface area contributed by atoms with Crippen LogP contribution in [0.5, 0.6) is 0 Å². The third kappa shape index (κ3) is 6.57. The molecule has 1 aromatic rings. The second-order valence-corrected chi connectivity index (χ2v) is 6.66. The number of nitrogens with zero attached hydrogens (tertiary/aromatic N) is 2. The van der Waals surface area contributed by atoms with E-state index in [9.17, 15) is 4.39 Å². The highest BCUT2D eigenvalue weighted by atomic mass is 19.1. The van der Waals surface area contributed by atoms with E-state index in [4.69, 9.17) is 14.5 Å². The molecule has 0 saturated carbocycles. The summed E-state index contributed by atoms with van der Waals surface area (Å²) in [6.07, 6.45) is 3.25. The highest BCUT2D eigenvalue weighted by Gasteiger charge is 2.21. The van der Waals surface area contributed by atoms with Crippen molar-refractivity contribution in [1.82, 2.24) is 10.2 Å². The van der Waals surface area contributed by atoms with Crippen LogP contribution in [0.1, 0.15) is 37.3 Å². The number of methoxy groups -OCH3 is 1. The summed E-state index contributed by atoms with van der Waals surface area (Å²) in [6.45, 7) is 8.47. The Labute approximate surface area is 156 Å². The van der Waals surface area contributed by atoms with Gasteiger partial charge < -0.3 is 19.7 Å². The molecule has 1 heterocycles. The van der Waals surface area contributed by atoms with Gasteiger partial charge in [0, 0.05) is 40.0 Å². The van der Waals surface area contributed by atoms with Crippen molar-refractivity contribution in [3.63, 3.8) is 0 Å². The zero-order valence-corrected chi connectivity index (χ0v) is 16.3. The summed E-state index contributed by atoms with van der Waals surface area (Å²) in [5.41, 5.74) is 1.55. The SMILES string of the molecule is CCNC(=NCc1ccc(C)c(F)c1)N1CCC(OCCCOC)CC1. The van der Waals surface area contributed by atoms with Crippen LogP contribution in [0.2, 0.25) is 0 Å². The molecule has 5 nitrogen and oxygen atoms in total. The van der Waals surface area contributed by atoms with Gasteiger partial charge in [-0.2, -0.15) is 0 Å². The predicted molar refractivity (Wildman–Crippen MR) is 103 cm³/mol. The number of benzene rings is 1. The summed E-state index contributed by atoms with van der Waals surface area (Å²) in [6, 6.07) is 5.31. The van der Waals surface area contributed by atoms with E-state index in [1.54, 1.807) is 26.2 Å². The Morgan fingerprint density at radius 3 is 2.73 bits per heavy atom. The maximum atomic E-state index is 13.7. The van der Waals surface area contributed by atoms with E-state index >= 15 is 0 Å². The molecule has 1 fully saturated rings. The first kappa shape index (κ1) is 20.6. The molecule has 2 rings (SSSR count). The maximum Gasteiger partial charge on any atom is 0.194 e. The van der Waals surface area contributed by atoms with Crippen LogP contribution in [-0.2, 0) is 16.0 Å². The van der Waals surface area contributed by atoms with Crippen molar-refractivity contribution in [2.24, 2.45) is 4.99 Å². The van der Waals surface area contributed by atoms with Crippen molar-refractivity contribution >= 4 is 5.96 Å². The first-order valence-corrected chi connectivity index (χ1v) is 9.52. The highest BCUT2D eigenvalue weighted by Crippen LogP contribution is 2.15. The second kappa shape index (κ2) is 11.1. The number of nitrogens with one attached hydrogen (secondary N) is 1. The average molecular weight is 365 g/mol. The summed E-state index contributed by atoms with van der Waals surface area (Å²) in [5, 5.41) is 3.35. The summed E-state index contributed by atoms with van der Waals surface area (Å²) in [4.78, 5) is 6.96. The molecule has 1 aromatic carbocycles. The Bertz CT molecular complexity index is 572. The van der Waals surface area contributed by atoms with Gasteiger partial charge in [0.05, 0.1) is 12.6 Å². The summed E-state index contributed by atoms with van der Waals surface area (Å²) in [7, 11) is 1.71. The lowest BCUT2D eigenvalue weighted by atomic mass is 10.1. The molecule has 1 saturated heterocycles. The molecule has 0 atom stereocenters. The largest absolute Gasteiger partial charge is 0.385 e. The number of hydrogen-bond acceptors (Lipinski definition) is 3. The smallest absolute Gasteiger partial charge is 0.194 e. The van der Waals surface area contributed by atoms with Crippen molar-refractivity contribution in [3.05, 3.63) is 35.1 Å². The van der Waals surface area contributed by atoms with Crippen LogP contribution < -0.4 is 5.32 Å². The summed E-state index contributed by atoms with van der Waals surface area (Å²) >= 11 is 0. The molecule has 0 radical (unpaired) electrons. The van der Waals surface area contributed by atoms with Gasteiger partial charge in [-0.15, -0.1) is 0 Å². The average Bonchev–Trinajstić information content (AvgIpc) is 2.65. The fourth-order valence-electron chi connectivity index (χ4n) is 3.01. The summed E-state index contributed by atoms with van der Waals surface area (Å²) < 4.78 is 24.7. The Balaban J connectivity index is 1.86. The van der Waals surface area contributed by atoms with Crippen LogP contribution in [0, 0.1) is 12.7 Å². The standard InChI is InChI=1S/C20H32FN3O2/c1-4-22-20(23-15-17-7-6-16(2)19(21)14-17)24-10-8-18(9-11-24)26-13-5-12-25-3/h6-7,14,18H,4-5,8-13,15H2,1-3H3,(H,22,23). The van der Waals surface area contributed by atoms with E-state index in [1.807, 2.05) is 6.07 Å². The number of piperidine rings is 1. The molecule has 26 heavy (non-hydrogen) atoms. The molecule has 0 unspecified atom stereocenters. The number of hydrogen-bond donors (Lipinski definition) is 1. The van der Waals surface area contributed by atoms with E-state index in [0.29, 0.717) is 18.2 Å². The van der Waals surface area contributed by atoms with Gasteiger partial charge in [0.25, 0.3) is 0 Å². The van der Waals surface area contributed by atoms with Gasteiger partial charge in [0.2, 0.25) is 0 Å². The Kier molecular flexibility index (Phi) is 8.85. The van der Waals surface area contributed by atoms with E-state index in [2.05, 4.69) is 17.1 Å². The van der Waals surface area contributed by atoms with Crippen LogP contribution in [0.4, 0.5) is 4.39 Å². The van der Waals surface area contributed by atoms with Crippen LogP contribution in [-0.4, -0.2) is 56.9 Å². The lowest BCUT2D eigenvalue weighted by molar-refractivity contribution is 0.00990. The monoisotopic (exact) mass is 365 g/mol. The van der Waals surface area contributed by atoms with Crippen LogP contribution in [0.3, 0.4) is 0 Å². The molecule has 1 N–H and O–H groups in total. The van der Waals surface area contributed by atoms with Crippen molar-refractivity contribution in [2.75, 3.05) is 40.0 Å². The second-order valence-electron chi connectivity index (χ2n) is 6.66. The molecule has 1 aliphatic rings.